The molecule has 0 aliphatic carbocycles. The number of piperidine rings is 1. The maximum absolute atomic E-state index is 12.4. The van der Waals surface area contributed by atoms with Crippen LogP contribution in [0.5, 0.6) is 0 Å². The maximum atomic E-state index is 12.4. The molecular weight excluding hydrogens is 334 g/mol. The van der Waals surface area contributed by atoms with Crippen LogP contribution in [0.2, 0.25) is 0 Å². The molecule has 1 aromatic heterocycles. The van der Waals surface area contributed by atoms with Gasteiger partial charge in [-0.15, -0.1) is 0 Å². The van der Waals surface area contributed by atoms with Crippen molar-refractivity contribution < 1.29 is 14.1 Å². The lowest BCUT2D eigenvalue weighted by Gasteiger charge is -2.31. The van der Waals surface area contributed by atoms with Gasteiger partial charge in [-0.3, -0.25) is 10.1 Å². The van der Waals surface area contributed by atoms with Crippen LogP contribution < -0.4 is 10.6 Å². The standard InChI is InChI=1S/C18H19N5O3/c1-12-9-16(22-26-12)21-18(25)23-7-5-14(6-8-23)17(24)20-15-4-2-3-13(10-15)11-19/h2-4,9-10,14H,5-8H2,1H3,(H,20,24)(H,21,22,25). The number of amides is 3. The Balaban J connectivity index is 1.50. The number of hydrogen-bond donors (Lipinski definition) is 2. The van der Waals surface area contributed by atoms with E-state index in [0.29, 0.717) is 48.8 Å². The summed E-state index contributed by atoms with van der Waals surface area (Å²) in [7, 11) is 0. The molecular formula is C18H19N5O3. The maximum Gasteiger partial charge on any atom is 0.323 e. The third kappa shape index (κ3) is 4.19. The Kier molecular flexibility index (Phi) is 5.17. The van der Waals surface area contributed by atoms with Crippen LogP contribution in [-0.2, 0) is 4.79 Å². The number of rotatable bonds is 3. The molecule has 3 amide bonds. The molecule has 1 aromatic carbocycles. The van der Waals surface area contributed by atoms with E-state index in [-0.39, 0.29) is 17.9 Å². The van der Waals surface area contributed by atoms with E-state index in [1.165, 1.54) is 0 Å². The van der Waals surface area contributed by atoms with E-state index in [0.717, 1.165) is 0 Å². The molecule has 1 aliphatic rings. The summed E-state index contributed by atoms with van der Waals surface area (Å²) in [5.41, 5.74) is 1.10. The van der Waals surface area contributed by atoms with E-state index in [1.54, 1.807) is 42.2 Å². The molecule has 3 rings (SSSR count). The number of nitrogens with one attached hydrogen (secondary N) is 2. The van der Waals surface area contributed by atoms with Crippen LogP contribution in [0.1, 0.15) is 24.2 Å². The molecule has 1 aliphatic heterocycles. The third-order valence-corrected chi connectivity index (χ3v) is 4.28. The van der Waals surface area contributed by atoms with Crippen LogP contribution >= 0.6 is 0 Å². The zero-order valence-corrected chi connectivity index (χ0v) is 14.4. The number of nitrogens with zero attached hydrogens (tertiary/aromatic N) is 3. The van der Waals surface area contributed by atoms with Gasteiger partial charge in [-0.25, -0.2) is 4.79 Å². The van der Waals surface area contributed by atoms with Gasteiger partial charge < -0.3 is 14.7 Å². The Morgan fingerprint density at radius 3 is 2.69 bits per heavy atom. The fourth-order valence-electron chi connectivity index (χ4n) is 2.87. The van der Waals surface area contributed by atoms with Crippen LogP contribution in [0.15, 0.2) is 34.9 Å². The van der Waals surface area contributed by atoms with Gasteiger partial charge in [-0.1, -0.05) is 11.2 Å². The first-order chi connectivity index (χ1) is 12.5. The number of carbonyl (C=O) groups is 2. The lowest BCUT2D eigenvalue weighted by atomic mass is 9.96. The van der Waals surface area contributed by atoms with Gasteiger partial charge in [-0.05, 0) is 38.0 Å². The van der Waals surface area contributed by atoms with Crippen LogP contribution in [0, 0.1) is 24.2 Å². The minimum absolute atomic E-state index is 0.0905. The largest absolute Gasteiger partial charge is 0.360 e. The lowest BCUT2D eigenvalue weighted by molar-refractivity contribution is -0.121. The number of benzene rings is 1. The quantitative estimate of drug-likeness (QED) is 0.881. The molecule has 134 valence electrons. The molecule has 0 atom stereocenters. The Hall–Kier alpha value is -3.34. The predicted octanol–water partition coefficient (Wildman–Crippen LogP) is 2.74. The predicted molar refractivity (Wildman–Crippen MR) is 94.3 cm³/mol. The van der Waals surface area contributed by atoms with E-state index in [1.807, 2.05) is 6.07 Å². The van der Waals surface area contributed by atoms with Crippen LogP contribution in [0.3, 0.4) is 0 Å². The molecule has 1 saturated heterocycles. The molecule has 1 fully saturated rings. The summed E-state index contributed by atoms with van der Waals surface area (Å²) in [6, 6.07) is 10.2. The molecule has 0 bridgehead atoms. The minimum atomic E-state index is -0.251. The Labute approximate surface area is 150 Å². The number of likely N-dealkylation sites (tertiary alicyclic amines) is 1. The van der Waals surface area contributed by atoms with E-state index in [4.69, 9.17) is 9.78 Å². The number of nitriles is 1. The summed E-state index contributed by atoms with van der Waals surface area (Å²) < 4.78 is 4.92. The molecule has 2 aromatic rings. The monoisotopic (exact) mass is 353 g/mol. The average molecular weight is 353 g/mol. The first kappa shape index (κ1) is 17.5. The molecule has 0 saturated carbocycles. The highest BCUT2D eigenvalue weighted by atomic mass is 16.5. The smallest absolute Gasteiger partial charge is 0.323 e. The highest BCUT2D eigenvalue weighted by Crippen LogP contribution is 2.21. The third-order valence-electron chi connectivity index (χ3n) is 4.28. The fourth-order valence-corrected chi connectivity index (χ4v) is 2.87. The van der Waals surface area contributed by atoms with Gasteiger partial charge in [0, 0.05) is 30.8 Å². The normalized spacial score (nSPS) is 14.5. The number of carbonyl (C=O) groups excluding carboxylic acids is 2. The molecule has 0 unspecified atom stereocenters. The molecule has 2 N–H and O–H groups in total. The molecule has 26 heavy (non-hydrogen) atoms. The lowest BCUT2D eigenvalue weighted by Crippen LogP contribution is -2.43. The molecule has 8 nitrogen and oxygen atoms in total. The van der Waals surface area contributed by atoms with Gasteiger partial charge in [0.15, 0.2) is 5.82 Å². The van der Waals surface area contributed by atoms with Crippen molar-refractivity contribution in [2.24, 2.45) is 5.92 Å². The van der Waals surface area contributed by atoms with Crippen molar-refractivity contribution in [3.8, 4) is 6.07 Å². The Bertz CT molecular complexity index is 847. The molecule has 0 spiro atoms. The van der Waals surface area contributed by atoms with Crippen molar-refractivity contribution in [2.75, 3.05) is 23.7 Å². The van der Waals surface area contributed by atoms with Crippen LogP contribution in [0.25, 0.3) is 0 Å². The summed E-state index contributed by atoms with van der Waals surface area (Å²) in [6.45, 7) is 2.72. The summed E-state index contributed by atoms with van der Waals surface area (Å²) in [6.07, 6.45) is 1.16. The summed E-state index contributed by atoms with van der Waals surface area (Å²) in [5, 5.41) is 18.2. The fraction of sp³-hybridized carbons (Fsp3) is 0.333. The van der Waals surface area contributed by atoms with E-state index in [2.05, 4.69) is 15.8 Å². The van der Waals surface area contributed by atoms with Crippen LogP contribution in [0.4, 0.5) is 16.3 Å². The average Bonchev–Trinajstić information content (AvgIpc) is 3.06. The molecule has 0 radical (unpaired) electrons. The van der Waals surface area contributed by atoms with Crippen molar-refractivity contribution in [2.45, 2.75) is 19.8 Å². The second kappa shape index (κ2) is 7.70. The highest BCUT2D eigenvalue weighted by molar-refractivity contribution is 5.93. The zero-order chi connectivity index (χ0) is 18.5. The van der Waals surface area contributed by atoms with Gasteiger partial charge in [-0.2, -0.15) is 5.26 Å². The SMILES string of the molecule is Cc1cc(NC(=O)N2CCC(C(=O)Nc3cccc(C#N)c3)CC2)no1. The van der Waals surface area contributed by atoms with E-state index < -0.39 is 0 Å². The summed E-state index contributed by atoms with van der Waals surface area (Å²) in [4.78, 5) is 26.3. The minimum Gasteiger partial charge on any atom is -0.360 e. The van der Waals surface area contributed by atoms with Crippen molar-refractivity contribution >= 4 is 23.4 Å². The number of anilines is 2. The van der Waals surface area contributed by atoms with Gasteiger partial charge in [0.1, 0.15) is 5.76 Å². The van der Waals surface area contributed by atoms with Crippen molar-refractivity contribution in [3.63, 3.8) is 0 Å². The number of aromatic nitrogens is 1. The topological polar surface area (TPSA) is 111 Å². The summed E-state index contributed by atoms with van der Waals surface area (Å²) in [5.74, 6) is 0.743. The van der Waals surface area contributed by atoms with E-state index in [9.17, 15) is 9.59 Å². The number of aryl methyl sites for hydroxylation is 1. The first-order valence-electron chi connectivity index (χ1n) is 8.35. The van der Waals surface area contributed by atoms with Gasteiger partial charge in [0.2, 0.25) is 5.91 Å². The number of urea groups is 1. The van der Waals surface area contributed by atoms with Gasteiger partial charge in [0.25, 0.3) is 0 Å². The van der Waals surface area contributed by atoms with Crippen LogP contribution in [-0.4, -0.2) is 35.1 Å². The van der Waals surface area contributed by atoms with E-state index >= 15 is 0 Å². The first-order valence-corrected chi connectivity index (χ1v) is 8.35. The highest BCUT2D eigenvalue weighted by Gasteiger charge is 2.27. The van der Waals surface area contributed by atoms with Gasteiger partial charge >= 0.3 is 6.03 Å². The van der Waals surface area contributed by atoms with Crippen molar-refractivity contribution in [1.29, 1.82) is 5.26 Å². The van der Waals surface area contributed by atoms with Crippen molar-refractivity contribution in [1.82, 2.24) is 10.1 Å². The Morgan fingerprint density at radius 2 is 2.04 bits per heavy atom. The Morgan fingerprint density at radius 1 is 1.27 bits per heavy atom. The molecule has 2 heterocycles. The second-order valence-electron chi connectivity index (χ2n) is 6.20. The second-order valence-corrected chi connectivity index (χ2v) is 6.20. The number of hydrogen-bond acceptors (Lipinski definition) is 5. The van der Waals surface area contributed by atoms with Gasteiger partial charge in [0.05, 0.1) is 11.6 Å². The zero-order valence-electron chi connectivity index (χ0n) is 14.4. The summed E-state index contributed by atoms with van der Waals surface area (Å²) >= 11 is 0. The molecule has 8 heteroatoms. The van der Waals surface area contributed by atoms with Crippen molar-refractivity contribution in [3.05, 3.63) is 41.7 Å².